The van der Waals surface area contributed by atoms with Gasteiger partial charge in [0, 0.05) is 0 Å². The first-order valence-corrected chi connectivity index (χ1v) is 6.07. The molecular weight excluding hydrogens is 262 g/mol. The van der Waals surface area contributed by atoms with Crippen molar-refractivity contribution in [2.45, 2.75) is 26.8 Å². The van der Waals surface area contributed by atoms with E-state index in [0.29, 0.717) is 10.5 Å². The molecule has 0 aliphatic heterocycles. The summed E-state index contributed by atoms with van der Waals surface area (Å²) in [6, 6.07) is 5.35. The van der Waals surface area contributed by atoms with Crippen molar-refractivity contribution in [1.29, 1.82) is 0 Å². The maximum Gasteiger partial charge on any atom is 0.419 e. The Morgan fingerprint density at radius 2 is 1.70 bits per heavy atom. The number of imide groups is 1. The average molecular weight is 281 g/mol. The third kappa shape index (κ3) is 3.40. The molecule has 6 nitrogen and oxygen atoms in total. The fraction of sp³-hybridized carbons (Fsp3) is 0.429. The van der Waals surface area contributed by atoms with Gasteiger partial charge in [0.05, 0.1) is 13.2 Å². The topological polar surface area (TPSA) is 87.1 Å². The molecule has 6 heteroatoms. The largest absolute Gasteiger partial charge is 0.508 e. The summed E-state index contributed by atoms with van der Waals surface area (Å²) < 4.78 is 4.55. The predicted molar refractivity (Wildman–Crippen MR) is 72.6 cm³/mol. The van der Waals surface area contributed by atoms with Gasteiger partial charge in [0.2, 0.25) is 0 Å². The monoisotopic (exact) mass is 281 g/mol. The van der Waals surface area contributed by atoms with Gasteiger partial charge >= 0.3 is 12.2 Å². The van der Waals surface area contributed by atoms with Crippen molar-refractivity contribution in [3.05, 3.63) is 29.8 Å². The number of ether oxygens (including phenoxy) is 1. The van der Waals surface area contributed by atoms with E-state index in [1.165, 1.54) is 12.1 Å². The molecule has 0 bridgehead atoms. The Hall–Kier alpha value is -2.24. The summed E-state index contributed by atoms with van der Waals surface area (Å²) in [6.45, 7) is 5.47. The van der Waals surface area contributed by atoms with Crippen molar-refractivity contribution in [3.63, 3.8) is 0 Å². The first-order valence-electron chi connectivity index (χ1n) is 6.07. The number of carbonyl (C=O) groups is 2. The standard InChI is InChI=1S/C14H19NO5/c1-14(2,3)11(9-5-7-10(16)8-6-9)15(12(17)18)13(19)20-4/h5-8,11,16H,1-4H3,(H,17,18). The minimum absolute atomic E-state index is 0.0707. The minimum atomic E-state index is -1.38. The molecule has 20 heavy (non-hydrogen) atoms. The van der Waals surface area contributed by atoms with Gasteiger partial charge in [-0.15, -0.1) is 0 Å². The van der Waals surface area contributed by atoms with Crippen molar-refractivity contribution in [1.82, 2.24) is 4.90 Å². The lowest BCUT2D eigenvalue weighted by Crippen LogP contribution is -2.44. The first-order chi connectivity index (χ1) is 9.18. The van der Waals surface area contributed by atoms with Crippen molar-refractivity contribution in [2.75, 3.05) is 7.11 Å². The van der Waals surface area contributed by atoms with Gasteiger partial charge in [-0.05, 0) is 23.1 Å². The zero-order valence-corrected chi connectivity index (χ0v) is 12.0. The predicted octanol–water partition coefficient (Wildman–Crippen LogP) is 3.23. The highest BCUT2D eigenvalue weighted by molar-refractivity contribution is 5.87. The molecule has 0 fully saturated rings. The number of hydrogen-bond donors (Lipinski definition) is 2. The fourth-order valence-corrected chi connectivity index (χ4v) is 2.09. The van der Waals surface area contributed by atoms with E-state index in [4.69, 9.17) is 0 Å². The third-order valence-corrected chi connectivity index (χ3v) is 2.86. The van der Waals surface area contributed by atoms with Crippen LogP contribution in [0.4, 0.5) is 9.59 Å². The minimum Gasteiger partial charge on any atom is -0.508 e. The van der Waals surface area contributed by atoms with Gasteiger partial charge < -0.3 is 14.9 Å². The zero-order valence-electron chi connectivity index (χ0n) is 12.0. The molecular formula is C14H19NO5. The van der Waals surface area contributed by atoms with E-state index < -0.39 is 23.6 Å². The van der Waals surface area contributed by atoms with Gasteiger partial charge in [-0.3, -0.25) is 0 Å². The molecule has 2 N–H and O–H groups in total. The number of carbonyl (C=O) groups excluding carboxylic acids is 1. The van der Waals surface area contributed by atoms with Crippen LogP contribution in [0.3, 0.4) is 0 Å². The summed E-state index contributed by atoms with van der Waals surface area (Å²) in [5, 5.41) is 18.6. The van der Waals surface area contributed by atoms with Gasteiger partial charge in [0.15, 0.2) is 0 Å². The normalized spacial score (nSPS) is 12.6. The highest BCUT2D eigenvalue weighted by atomic mass is 16.6. The lowest BCUT2D eigenvalue weighted by Gasteiger charge is -2.36. The summed E-state index contributed by atoms with van der Waals surface area (Å²) in [4.78, 5) is 23.8. The van der Waals surface area contributed by atoms with Gasteiger partial charge in [0.1, 0.15) is 5.75 Å². The number of phenolic OH excluding ortho intramolecular Hbond substituents is 1. The number of rotatable bonds is 2. The Morgan fingerprint density at radius 3 is 2.05 bits per heavy atom. The quantitative estimate of drug-likeness (QED) is 0.869. The second kappa shape index (κ2) is 5.81. The molecule has 1 aromatic carbocycles. The SMILES string of the molecule is COC(=O)N(C(=O)O)C(c1ccc(O)cc1)C(C)(C)C. The molecule has 1 unspecified atom stereocenters. The highest BCUT2D eigenvalue weighted by Gasteiger charge is 2.39. The fourth-order valence-electron chi connectivity index (χ4n) is 2.09. The zero-order chi connectivity index (χ0) is 15.5. The van der Waals surface area contributed by atoms with E-state index in [0.717, 1.165) is 7.11 Å². The molecule has 1 aromatic rings. The van der Waals surface area contributed by atoms with E-state index in [-0.39, 0.29) is 5.75 Å². The maximum atomic E-state index is 11.8. The smallest absolute Gasteiger partial charge is 0.419 e. The maximum absolute atomic E-state index is 11.8. The molecule has 0 heterocycles. The van der Waals surface area contributed by atoms with Crippen LogP contribution in [0, 0.1) is 5.41 Å². The third-order valence-electron chi connectivity index (χ3n) is 2.86. The van der Waals surface area contributed by atoms with Crippen LogP contribution in [0.2, 0.25) is 0 Å². The van der Waals surface area contributed by atoms with Crippen molar-refractivity contribution < 1.29 is 24.5 Å². The van der Waals surface area contributed by atoms with Gasteiger partial charge in [0.25, 0.3) is 0 Å². The molecule has 0 aromatic heterocycles. The lowest BCUT2D eigenvalue weighted by atomic mass is 9.81. The number of nitrogens with zero attached hydrogens (tertiary/aromatic N) is 1. The van der Waals surface area contributed by atoms with Crippen LogP contribution in [-0.4, -0.2) is 34.4 Å². The van der Waals surface area contributed by atoms with Gasteiger partial charge in [-0.1, -0.05) is 32.9 Å². The summed E-state index contributed by atoms with van der Waals surface area (Å²) in [6.07, 6.45) is -2.32. The van der Waals surface area contributed by atoms with E-state index in [1.54, 1.807) is 12.1 Å². The number of amides is 2. The number of methoxy groups -OCH3 is 1. The van der Waals surface area contributed by atoms with E-state index in [2.05, 4.69) is 4.74 Å². The van der Waals surface area contributed by atoms with E-state index in [1.807, 2.05) is 20.8 Å². The second-order valence-corrected chi connectivity index (χ2v) is 5.48. The Bertz CT molecular complexity index is 489. The Kier molecular flexibility index (Phi) is 4.60. The Balaban J connectivity index is 3.34. The molecule has 0 aliphatic rings. The number of benzene rings is 1. The van der Waals surface area contributed by atoms with Gasteiger partial charge in [-0.25, -0.2) is 14.5 Å². The molecule has 110 valence electrons. The van der Waals surface area contributed by atoms with Crippen LogP contribution in [0.25, 0.3) is 0 Å². The van der Waals surface area contributed by atoms with Crippen molar-refractivity contribution >= 4 is 12.2 Å². The molecule has 0 saturated carbocycles. The molecule has 0 radical (unpaired) electrons. The van der Waals surface area contributed by atoms with Crippen molar-refractivity contribution in [2.24, 2.45) is 5.41 Å². The van der Waals surface area contributed by atoms with Crippen LogP contribution in [0.5, 0.6) is 5.75 Å². The summed E-state index contributed by atoms with van der Waals surface area (Å²) >= 11 is 0. The number of carboxylic acid groups (broad SMARTS) is 1. The van der Waals surface area contributed by atoms with E-state index in [9.17, 15) is 19.8 Å². The molecule has 1 atom stereocenters. The molecule has 0 aliphatic carbocycles. The number of aromatic hydroxyl groups is 1. The molecule has 0 spiro atoms. The molecule has 0 saturated heterocycles. The summed E-state index contributed by atoms with van der Waals surface area (Å²) in [5.74, 6) is 0.0707. The second-order valence-electron chi connectivity index (χ2n) is 5.48. The first kappa shape index (κ1) is 15.8. The van der Waals surface area contributed by atoms with Crippen LogP contribution >= 0.6 is 0 Å². The van der Waals surface area contributed by atoms with Crippen LogP contribution < -0.4 is 0 Å². The van der Waals surface area contributed by atoms with Crippen molar-refractivity contribution in [3.8, 4) is 5.75 Å². The number of phenols is 1. The molecule has 1 rings (SSSR count). The summed E-state index contributed by atoms with van der Waals surface area (Å²) in [5.41, 5.74) is 0.0620. The van der Waals surface area contributed by atoms with E-state index >= 15 is 0 Å². The van der Waals surface area contributed by atoms with Crippen LogP contribution in [0.15, 0.2) is 24.3 Å². The van der Waals surface area contributed by atoms with Crippen LogP contribution in [0.1, 0.15) is 32.4 Å². The average Bonchev–Trinajstić information content (AvgIpc) is 2.34. The Labute approximate surface area is 117 Å². The highest BCUT2D eigenvalue weighted by Crippen LogP contribution is 2.38. The summed E-state index contributed by atoms with van der Waals surface area (Å²) in [7, 11) is 1.13. The van der Waals surface area contributed by atoms with Gasteiger partial charge in [-0.2, -0.15) is 0 Å². The Morgan fingerprint density at radius 1 is 1.20 bits per heavy atom. The lowest BCUT2D eigenvalue weighted by molar-refractivity contribution is 0.0648. The molecule has 2 amide bonds. The number of hydrogen-bond acceptors (Lipinski definition) is 4. The van der Waals surface area contributed by atoms with Crippen LogP contribution in [-0.2, 0) is 4.74 Å².